The smallest absolute Gasteiger partial charge is 0.162 e. The Morgan fingerprint density at radius 3 is 2.54 bits per heavy atom. The maximum absolute atomic E-state index is 5.57. The minimum atomic E-state index is -0.254. The summed E-state index contributed by atoms with van der Waals surface area (Å²) in [6.07, 6.45) is 6.97. The van der Waals surface area contributed by atoms with Crippen LogP contribution in [0.2, 0.25) is 0 Å². The van der Waals surface area contributed by atoms with Crippen molar-refractivity contribution in [2.75, 3.05) is 18.5 Å². The number of rotatable bonds is 6. The molecule has 0 aromatic carbocycles. The Kier molecular flexibility index (Phi) is 4.66. The standard InChI is InChI=1S/C18H21N5O/c1-4-24-12-18(2,3)23-17-14-7-10-20-11-15(14)21-16(22-17)13-5-8-19-9-6-13/h5-11H,4,12H2,1-3H3,(H,21,22,23). The second-order valence-electron chi connectivity index (χ2n) is 6.17. The fraction of sp³-hybridized carbons (Fsp3) is 0.333. The van der Waals surface area contributed by atoms with Crippen LogP contribution in [0.3, 0.4) is 0 Å². The second-order valence-corrected chi connectivity index (χ2v) is 6.17. The fourth-order valence-corrected chi connectivity index (χ4v) is 2.42. The van der Waals surface area contributed by atoms with Gasteiger partial charge in [-0.25, -0.2) is 9.97 Å². The van der Waals surface area contributed by atoms with E-state index in [0.29, 0.717) is 19.0 Å². The molecule has 0 saturated heterocycles. The first kappa shape index (κ1) is 16.3. The third kappa shape index (κ3) is 3.65. The molecule has 0 bridgehead atoms. The van der Waals surface area contributed by atoms with Crippen LogP contribution in [-0.4, -0.2) is 38.7 Å². The van der Waals surface area contributed by atoms with Gasteiger partial charge in [0.2, 0.25) is 0 Å². The van der Waals surface area contributed by atoms with Gasteiger partial charge in [0.15, 0.2) is 5.82 Å². The molecular weight excluding hydrogens is 302 g/mol. The van der Waals surface area contributed by atoms with Gasteiger partial charge in [-0.2, -0.15) is 0 Å². The first-order valence-corrected chi connectivity index (χ1v) is 7.97. The number of pyridine rings is 2. The largest absolute Gasteiger partial charge is 0.379 e. The van der Waals surface area contributed by atoms with Crippen molar-refractivity contribution in [2.45, 2.75) is 26.3 Å². The molecule has 0 unspecified atom stereocenters. The molecule has 0 aliphatic heterocycles. The van der Waals surface area contributed by atoms with Crippen LogP contribution in [0, 0.1) is 0 Å². The Labute approximate surface area is 141 Å². The van der Waals surface area contributed by atoms with Crippen molar-refractivity contribution in [2.24, 2.45) is 0 Å². The monoisotopic (exact) mass is 323 g/mol. The summed E-state index contributed by atoms with van der Waals surface area (Å²) < 4.78 is 5.57. The minimum absolute atomic E-state index is 0.254. The molecule has 3 heterocycles. The van der Waals surface area contributed by atoms with Crippen LogP contribution in [0.5, 0.6) is 0 Å². The van der Waals surface area contributed by atoms with Crippen LogP contribution >= 0.6 is 0 Å². The quantitative estimate of drug-likeness (QED) is 0.750. The summed E-state index contributed by atoms with van der Waals surface area (Å²) in [5, 5.41) is 4.42. The van der Waals surface area contributed by atoms with E-state index in [1.165, 1.54) is 0 Å². The molecule has 0 atom stereocenters. The van der Waals surface area contributed by atoms with Crippen molar-refractivity contribution in [3.8, 4) is 11.4 Å². The van der Waals surface area contributed by atoms with Gasteiger partial charge in [0.05, 0.1) is 23.9 Å². The van der Waals surface area contributed by atoms with E-state index >= 15 is 0 Å². The highest BCUT2D eigenvalue weighted by atomic mass is 16.5. The van der Waals surface area contributed by atoms with Gasteiger partial charge < -0.3 is 10.1 Å². The lowest BCUT2D eigenvalue weighted by Crippen LogP contribution is -2.36. The van der Waals surface area contributed by atoms with Gasteiger partial charge in [-0.05, 0) is 39.0 Å². The van der Waals surface area contributed by atoms with E-state index in [1.807, 2.05) is 25.1 Å². The van der Waals surface area contributed by atoms with Crippen molar-refractivity contribution in [1.82, 2.24) is 19.9 Å². The highest BCUT2D eigenvalue weighted by Crippen LogP contribution is 2.26. The van der Waals surface area contributed by atoms with Crippen molar-refractivity contribution in [3.63, 3.8) is 0 Å². The maximum atomic E-state index is 5.57. The predicted octanol–water partition coefficient (Wildman–Crippen LogP) is 3.31. The number of ether oxygens (including phenoxy) is 1. The van der Waals surface area contributed by atoms with E-state index in [4.69, 9.17) is 9.72 Å². The number of anilines is 1. The highest BCUT2D eigenvalue weighted by molar-refractivity contribution is 5.90. The Hall–Kier alpha value is -2.60. The number of nitrogens with zero attached hydrogens (tertiary/aromatic N) is 4. The average molecular weight is 323 g/mol. The van der Waals surface area contributed by atoms with E-state index in [9.17, 15) is 0 Å². The lowest BCUT2D eigenvalue weighted by Gasteiger charge is -2.27. The van der Waals surface area contributed by atoms with Crippen LogP contribution < -0.4 is 5.32 Å². The van der Waals surface area contributed by atoms with Crippen LogP contribution in [0.4, 0.5) is 5.82 Å². The molecule has 3 aromatic rings. The molecule has 3 rings (SSSR count). The van der Waals surface area contributed by atoms with Gasteiger partial charge in [0.25, 0.3) is 0 Å². The Morgan fingerprint density at radius 1 is 1.04 bits per heavy atom. The molecule has 0 amide bonds. The number of hydrogen-bond donors (Lipinski definition) is 1. The minimum Gasteiger partial charge on any atom is -0.379 e. The lowest BCUT2D eigenvalue weighted by molar-refractivity contribution is 0.115. The van der Waals surface area contributed by atoms with Gasteiger partial charge in [0.1, 0.15) is 5.82 Å². The summed E-state index contributed by atoms with van der Waals surface area (Å²) in [6, 6.07) is 5.71. The molecule has 6 nitrogen and oxygen atoms in total. The van der Waals surface area contributed by atoms with E-state index in [-0.39, 0.29) is 5.54 Å². The predicted molar refractivity (Wildman–Crippen MR) is 94.8 cm³/mol. The molecule has 6 heteroatoms. The molecule has 3 aromatic heterocycles. The number of aromatic nitrogens is 4. The number of hydrogen-bond acceptors (Lipinski definition) is 6. The summed E-state index contributed by atoms with van der Waals surface area (Å²) in [7, 11) is 0. The van der Waals surface area contributed by atoms with E-state index < -0.39 is 0 Å². The molecule has 0 aliphatic carbocycles. The SMILES string of the molecule is CCOCC(C)(C)Nc1nc(-c2ccncc2)nc2cnccc12. The number of nitrogens with one attached hydrogen (secondary N) is 1. The van der Waals surface area contributed by atoms with Crippen molar-refractivity contribution >= 4 is 16.7 Å². The summed E-state index contributed by atoms with van der Waals surface area (Å²) in [6.45, 7) is 7.43. The first-order valence-electron chi connectivity index (χ1n) is 7.97. The van der Waals surface area contributed by atoms with Crippen LogP contribution in [0.25, 0.3) is 22.3 Å². The molecule has 0 fully saturated rings. The third-order valence-corrected chi connectivity index (χ3v) is 3.56. The fourth-order valence-electron chi connectivity index (χ4n) is 2.42. The van der Waals surface area contributed by atoms with E-state index in [1.54, 1.807) is 24.8 Å². The molecule has 24 heavy (non-hydrogen) atoms. The van der Waals surface area contributed by atoms with Crippen LogP contribution in [0.1, 0.15) is 20.8 Å². The van der Waals surface area contributed by atoms with Crippen LogP contribution in [0.15, 0.2) is 43.0 Å². The third-order valence-electron chi connectivity index (χ3n) is 3.56. The molecule has 1 N–H and O–H groups in total. The van der Waals surface area contributed by atoms with Crippen molar-refractivity contribution in [3.05, 3.63) is 43.0 Å². The van der Waals surface area contributed by atoms with E-state index in [0.717, 1.165) is 22.3 Å². The van der Waals surface area contributed by atoms with Gasteiger partial charge >= 0.3 is 0 Å². The van der Waals surface area contributed by atoms with Gasteiger partial charge in [-0.15, -0.1) is 0 Å². The number of fused-ring (bicyclic) bond motifs is 1. The summed E-state index contributed by atoms with van der Waals surface area (Å²) >= 11 is 0. The molecule has 0 aliphatic rings. The molecule has 0 radical (unpaired) electrons. The molecular formula is C18H21N5O. The normalized spacial score (nSPS) is 11.6. The van der Waals surface area contributed by atoms with Gasteiger partial charge in [-0.1, -0.05) is 0 Å². The van der Waals surface area contributed by atoms with Gasteiger partial charge in [-0.3, -0.25) is 9.97 Å². The van der Waals surface area contributed by atoms with Crippen molar-refractivity contribution in [1.29, 1.82) is 0 Å². The average Bonchev–Trinajstić information content (AvgIpc) is 2.60. The zero-order chi connectivity index (χ0) is 17.0. The maximum Gasteiger partial charge on any atom is 0.162 e. The van der Waals surface area contributed by atoms with Crippen molar-refractivity contribution < 1.29 is 4.74 Å². The Bertz CT molecular complexity index is 820. The van der Waals surface area contributed by atoms with E-state index in [2.05, 4.69) is 34.1 Å². The topological polar surface area (TPSA) is 72.8 Å². The molecule has 0 spiro atoms. The van der Waals surface area contributed by atoms with Crippen LogP contribution in [-0.2, 0) is 4.74 Å². The lowest BCUT2D eigenvalue weighted by atomic mass is 10.1. The van der Waals surface area contributed by atoms with Gasteiger partial charge in [0, 0.05) is 36.1 Å². The summed E-state index contributed by atoms with van der Waals surface area (Å²) in [5.41, 5.74) is 1.46. The summed E-state index contributed by atoms with van der Waals surface area (Å²) in [5.74, 6) is 1.42. The Balaban J connectivity index is 2.05. The summed E-state index contributed by atoms with van der Waals surface area (Å²) in [4.78, 5) is 17.6. The Morgan fingerprint density at radius 2 is 1.79 bits per heavy atom. The molecule has 124 valence electrons. The zero-order valence-electron chi connectivity index (χ0n) is 14.2. The highest BCUT2D eigenvalue weighted by Gasteiger charge is 2.20. The zero-order valence-corrected chi connectivity index (χ0v) is 14.2. The second kappa shape index (κ2) is 6.88. The molecule has 0 saturated carbocycles. The first-order chi connectivity index (χ1) is 11.6.